The smallest absolute Gasteiger partial charge is 0.191 e. The van der Waals surface area contributed by atoms with E-state index >= 15 is 0 Å². The third kappa shape index (κ3) is 5.02. The molecule has 0 radical (unpaired) electrons. The molecule has 1 aromatic heterocycles. The van der Waals surface area contributed by atoms with Gasteiger partial charge in [-0.15, -0.1) is 0 Å². The van der Waals surface area contributed by atoms with Gasteiger partial charge in [-0.25, -0.2) is 4.99 Å². The van der Waals surface area contributed by atoms with E-state index < -0.39 is 0 Å². The van der Waals surface area contributed by atoms with Gasteiger partial charge in [0.05, 0.1) is 12.2 Å². The number of hydrogen-bond donors (Lipinski definition) is 2. The Balaban J connectivity index is 1.54. The summed E-state index contributed by atoms with van der Waals surface area (Å²) in [5, 5.41) is 10.9. The second-order valence-corrected chi connectivity index (χ2v) is 6.86. The Morgan fingerprint density at radius 3 is 2.78 bits per heavy atom. The molecule has 2 heterocycles. The summed E-state index contributed by atoms with van der Waals surface area (Å²) in [5.41, 5.74) is 2.29. The van der Waals surface area contributed by atoms with E-state index in [1.807, 2.05) is 18.2 Å². The summed E-state index contributed by atoms with van der Waals surface area (Å²) >= 11 is 0. The molecule has 27 heavy (non-hydrogen) atoms. The fourth-order valence-electron chi connectivity index (χ4n) is 3.38. The lowest BCUT2D eigenvalue weighted by molar-refractivity contribution is 0.235. The van der Waals surface area contributed by atoms with Crippen LogP contribution in [0.1, 0.15) is 56.5 Å². The number of para-hydroxylation sites is 1. The van der Waals surface area contributed by atoms with Gasteiger partial charge >= 0.3 is 0 Å². The molecule has 6 nitrogen and oxygen atoms in total. The zero-order valence-electron chi connectivity index (χ0n) is 16.5. The monoisotopic (exact) mass is 370 g/mol. The highest BCUT2D eigenvalue weighted by atomic mass is 16.5. The molecule has 6 heteroatoms. The van der Waals surface area contributed by atoms with Gasteiger partial charge in [-0.3, -0.25) is 0 Å². The van der Waals surface area contributed by atoms with Gasteiger partial charge < -0.3 is 19.9 Å². The Labute approximate surface area is 161 Å². The van der Waals surface area contributed by atoms with Crippen LogP contribution in [0.2, 0.25) is 0 Å². The van der Waals surface area contributed by atoms with Crippen molar-refractivity contribution < 1.29 is 9.26 Å². The number of nitrogens with zero attached hydrogens (tertiary/aromatic N) is 2. The van der Waals surface area contributed by atoms with E-state index in [0.717, 1.165) is 49.0 Å². The Hall–Kier alpha value is -2.50. The van der Waals surface area contributed by atoms with Gasteiger partial charge in [-0.05, 0) is 31.4 Å². The fourth-order valence-corrected chi connectivity index (χ4v) is 3.38. The van der Waals surface area contributed by atoms with Gasteiger partial charge in [0.2, 0.25) is 0 Å². The van der Waals surface area contributed by atoms with Crippen LogP contribution in [0, 0.1) is 0 Å². The summed E-state index contributed by atoms with van der Waals surface area (Å²) in [4.78, 5) is 4.62. The van der Waals surface area contributed by atoms with E-state index in [0.29, 0.717) is 19.0 Å². The van der Waals surface area contributed by atoms with Crippen LogP contribution in [0.3, 0.4) is 0 Å². The first kappa shape index (κ1) is 19.3. The molecule has 1 aliphatic rings. The molecule has 3 rings (SSSR count). The van der Waals surface area contributed by atoms with Crippen molar-refractivity contribution in [2.24, 2.45) is 4.99 Å². The second kappa shape index (κ2) is 9.44. The topological polar surface area (TPSA) is 71.7 Å². The first-order valence-corrected chi connectivity index (χ1v) is 9.95. The van der Waals surface area contributed by atoms with Gasteiger partial charge in [-0.1, -0.05) is 37.2 Å². The van der Waals surface area contributed by atoms with Crippen molar-refractivity contribution in [1.29, 1.82) is 0 Å². The number of guanidine groups is 1. The highest BCUT2D eigenvalue weighted by molar-refractivity contribution is 5.79. The van der Waals surface area contributed by atoms with Gasteiger partial charge in [0.25, 0.3) is 0 Å². The van der Waals surface area contributed by atoms with Crippen molar-refractivity contribution in [3.05, 3.63) is 47.3 Å². The molecular weight excluding hydrogens is 340 g/mol. The summed E-state index contributed by atoms with van der Waals surface area (Å²) in [5.74, 6) is 3.00. The van der Waals surface area contributed by atoms with Crippen LogP contribution >= 0.6 is 0 Å². The number of aromatic nitrogens is 1. The lowest BCUT2D eigenvalue weighted by Crippen LogP contribution is -2.42. The zero-order chi connectivity index (χ0) is 19.1. The lowest BCUT2D eigenvalue weighted by atomic mass is 9.99. The van der Waals surface area contributed by atoms with E-state index in [2.05, 4.69) is 53.7 Å². The van der Waals surface area contributed by atoms with Crippen LogP contribution in [0.5, 0.6) is 5.75 Å². The molecule has 2 aromatic rings. The number of fused-ring (bicyclic) bond motifs is 1. The van der Waals surface area contributed by atoms with E-state index in [1.54, 1.807) is 0 Å². The third-order valence-electron chi connectivity index (χ3n) is 4.93. The number of aliphatic imine (C=N–C) groups is 1. The van der Waals surface area contributed by atoms with Crippen LogP contribution in [0.15, 0.2) is 39.8 Å². The lowest BCUT2D eigenvalue weighted by Gasteiger charge is -2.15. The standard InChI is InChI=1S/C21H30N4O2/c1-4-15(5-2)19-12-18(27-25-19)14-24-21(22-6-3)23-13-17-11-16-9-7-8-10-20(16)26-17/h7-10,12,15,17H,4-6,11,13-14H2,1-3H3,(H2,22,23,24). The summed E-state index contributed by atoms with van der Waals surface area (Å²) in [6.07, 6.45) is 3.18. The molecule has 1 aromatic carbocycles. The number of ether oxygens (including phenoxy) is 1. The number of rotatable bonds is 8. The maximum Gasteiger partial charge on any atom is 0.191 e. The molecule has 1 atom stereocenters. The molecule has 1 aliphatic heterocycles. The molecule has 0 bridgehead atoms. The van der Waals surface area contributed by atoms with Crippen LogP contribution < -0.4 is 15.4 Å². The van der Waals surface area contributed by atoms with Crippen molar-refractivity contribution in [1.82, 2.24) is 15.8 Å². The molecule has 0 amide bonds. The van der Waals surface area contributed by atoms with Crippen LogP contribution in [0.4, 0.5) is 0 Å². The molecule has 0 saturated heterocycles. The minimum absolute atomic E-state index is 0.123. The van der Waals surface area contributed by atoms with Gasteiger partial charge in [-0.2, -0.15) is 0 Å². The molecule has 146 valence electrons. The van der Waals surface area contributed by atoms with Crippen LogP contribution in [0.25, 0.3) is 0 Å². The largest absolute Gasteiger partial charge is 0.488 e. The van der Waals surface area contributed by atoms with E-state index in [-0.39, 0.29) is 6.10 Å². The SMILES string of the molecule is CCNC(=NCc1cc(C(CC)CC)no1)NCC1Cc2ccccc2O1. The normalized spacial score (nSPS) is 16.3. The minimum Gasteiger partial charge on any atom is -0.488 e. The van der Waals surface area contributed by atoms with Crippen molar-refractivity contribution in [2.45, 2.75) is 58.6 Å². The Morgan fingerprint density at radius 2 is 2.04 bits per heavy atom. The summed E-state index contributed by atoms with van der Waals surface area (Å²) in [7, 11) is 0. The Kier molecular flexibility index (Phi) is 6.74. The molecule has 0 fully saturated rings. The molecule has 2 N–H and O–H groups in total. The summed E-state index contributed by atoms with van der Waals surface area (Å²) < 4.78 is 11.4. The van der Waals surface area contributed by atoms with Crippen molar-refractivity contribution >= 4 is 5.96 Å². The number of nitrogens with one attached hydrogen (secondary N) is 2. The number of hydrogen-bond acceptors (Lipinski definition) is 4. The highest BCUT2D eigenvalue weighted by Crippen LogP contribution is 2.27. The fraction of sp³-hybridized carbons (Fsp3) is 0.524. The summed E-state index contributed by atoms with van der Waals surface area (Å²) in [6.45, 7) is 8.38. The maximum atomic E-state index is 5.98. The van der Waals surface area contributed by atoms with Crippen LogP contribution in [-0.4, -0.2) is 30.3 Å². The van der Waals surface area contributed by atoms with Crippen molar-refractivity contribution in [2.75, 3.05) is 13.1 Å². The third-order valence-corrected chi connectivity index (χ3v) is 4.93. The van der Waals surface area contributed by atoms with Gasteiger partial charge in [0, 0.05) is 24.9 Å². The second-order valence-electron chi connectivity index (χ2n) is 6.86. The van der Waals surface area contributed by atoms with E-state index in [4.69, 9.17) is 9.26 Å². The van der Waals surface area contributed by atoms with Crippen LogP contribution in [-0.2, 0) is 13.0 Å². The van der Waals surface area contributed by atoms with Crippen molar-refractivity contribution in [3.8, 4) is 5.75 Å². The average molecular weight is 370 g/mol. The Morgan fingerprint density at radius 1 is 1.22 bits per heavy atom. The predicted octanol–water partition coefficient (Wildman–Crippen LogP) is 3.64. The first-order valence-electron chi connectivity index (χ1n) is 9.95. The quantitative estimate of drug-likeness (QED) is 0.548. The highest BCUT2D eigenvalue weighted by Gasteiger charge is 2.22. The van der Waals surface area contributed by atoms with E-state index in [9.17, 15) is 0 Å². The zero-order valence-corrected chi connectivity index (χ0v) is 16.5. The predicted molar refractivity (Wildman–Crippen MR) is 107 cm³/mol. The van der Waals surface area contributed by atoms with Gasteiger partial charge in [0.15, 0.2) is 11.7 Å². The molecule has 0 saturated carbocycles. The Bertz CT molecular complexity index is 727. The van der Waals surface area contributed by atoms with Gasteiger partial charge in [0.1, 0.15) is 18.4 Å². The molecule has 0 aliphatic carbocycles. The molecule has 0 spiro atoms. The average Bonchev–Trinajstić information content (AvgIpc) is 3.31. The summed E-state index contributed by atoms with van der Waals surface area (Å²) in [6, 6.07) is 10.2. The van der Waals surface area contributed by atoms with Crippen molar-refractivity contribution in [3.63, 3.8) is 0 Å². The number of benzene rings is 1. The minimum atomic E-state index is 0.123. The molecular formula is C21H30N4O2. The van der Waals surface area contributed by atoms with E-state index in [1.165, 1.54) is 5.56 Å². The molecule has 1 unspecified atom stereocenters. The first-order chi connectivity index (χ1) is 13.2. The maximum absolute atomic E-state index is 5.98.